The van der Waals surface area contributed by atoms with E-state index < -0.39 is 0 Å². The summed E-state index contributed by atoms with van der Waals surface area (Å²) in [6.45, 7) is 4.47. The van der Waals surface area contributed by atoms with Crippen LogP contribution in [0.1, 0.15) is 50.3 Å². The maximum absolute atomic E-state index is 10.0. The summed E-state index contributed by atoms with van der Waals surface area (Å²) in [7, 11) is 4.12. The topological polar surface area (TPSA) is 92.7 Å². The molecule has 2 fully saturated rings. The minimum atomic E-state index is -0.182. The van der Waals surface area contributed by atoms with E-state index in [-0.39, 0.29) is 12.1 Å². The van der Waals surface area contributed by atoms with Crippen LogP contribution in [0.2, 0.25) is 0 Å². The lowest BCUT2D eigenvalue weighted by atomic mass is 9.85. The summed E-state index contributed by atoms with van der Waals surface area (Å²) in [5, 5.41) is 22.9. The number of likely N-dealkylation sites (N-methyl/N-ethyl adjacent to an activating group) is 1. The van der Waals surface area contributed by atoms with Crippen LogP contribution in [-0.2, 0) is 4.74 Å². The molecule has 0 radical (unpaired) electrons. The van der Waals surface area contributed by atoms with E-state index >= 15 is 0 Å². The van der Waals surface area contributed by atoms with Crippen LogP contribution in [0.4, 0.5) is 5.95 Å². The third kappa shape index (κ3) is 4.24. The highest BCUT2D eigenvalue weighted by molar-refractivity contribution is 5.81. The van der Waals surface area contributed by atoms with Crippen molar-refractivity contribution in [3.8, 4) is 11.1 Å². The molecule has 9 heteroatoms. The second-order valence-electron chi connectivity index (χ2n) is 9.58. The Hall–Kier alpha value is -2.49. The van der Waals surface area contributed by atoms with E-state index in [1.807, 2.05) is 17.1 Å². The van der Waals surface area contributed by atoms with Gasteiger partial charge in [0.1, 0.15) is 0 Å². The van der Waals surface area contributed by atoms with Crippen molar-refractivity contribution in [1.82, 2.24) is 29.3 Å². The fourth-order valence-electron chi connectivity index (χ4n) is 4.84. The fourth-order valence-corrected chi connectivity index (χ4v) is 4.84. The van der Waals surface area contributed by atoms with E-state index in [0.717, 1.165) is 62.1 Å². The molecule has 1 saturated heterocycles. The highest BCUT2D eigenvalue weighted by Crippen LogP contribution is 2.37. The van der Waals surface area contributed by atoms with E-state index in [1.165, 1.54) is 5.69 Å². The van der Waals surface area contributed by atoms with Gasteiger partial charge in [-0.15, -0.1) is 5.10 Å². The third-order valence-corrected chi connectivity index (χ3v) is 6.58. The van der Waals surface area contributed by atoms with Crippen LogP contribution in [0, 0.1) is 0 Å². The average molecular weight is 440 g/mol. The molecular weight excluding hydrogens is 406 g/mol. The van der Waals surface area contributed by atoms with Crippen molar-refractivity contribution in [3.63, 3.8) is 0 Å². The molecule has 5 rings (SSSR count). The van der Waals surface area contributed by atoms with E-state index in [2.05, 4.69) is 58.1 Å². The van der Waals surface area contributed by atoms with Crippen molar-refractivity contribution in [3.05, 3.63) is 30.4 Å². The van der Waals surface area contributed by atoms with Crippen LogP contribution < -0.4 is 5.32 Å². The van der Waals surface area contributed by atoms with Crippen LogP contribution >= 0.6 is 0 Å². The van der Waals surface area contributed by atoms with Gasteiger partial charge in [-0.3, -0.25) is 4.68 Å². The van der Waals surface area contributed by atoms with Gasteiger partial charge >= 0.3 is 0 Å². The van der Waals surface area contributed by atoms with Gasteiger partial charge in [0.2, 0.25) is 5.95 Å². The van der Waals surface area contributed by atoms with Gasteiger partial charge in [0.15, 0.2) is 0 Å². The summed E-state index contributed by atoms with van der Waals surface area (Å²) < 4.78 is 9.37. The van der Waals surface area contributed by atoms with Crippen molar-refractivity contribution < 1.29 is 9.84 Å². The number of nitrogens with zero attached hydrogens (tertiary/aromatic N) is 6. The Morgan fingerprint density at radius 3 is 2.69 bits per heavy atom. The SMILES string of the molecule is C[C@@H](CN(C)C)Nc1ncc2c(-c3cnn(C4COC4)c3)cc([C@H]3CC[C@H](O)CC3)n2n1. The number of anilines is 1. The zero-order valence-corrected chi connectivity index (χ0v) is 19.1. The smallest absolute Gasteiger partial charge is 0.241 e. The molecule has 0 aromatic carbocycles. The normalized spacial score (nSPS) is 22.9. The van der Waals surface area contributed by atoms with E-state index in [1.54, 1.807) is 0 Å². The number of nitrogens with one attached hydrogen (secondary N) is 1. The molecule has 2 N–H and O–H groups in total. The highest BCUT2D eigenvalue weighted by Gasteiger charge is 2.27. The number of hydrogen-bond donors (Lipinski definition) is 2. The fraction of sp³-hybridized carbons (Fsp3) is 0.609. The lowest BCUT2D eigenvalue weighted by Gasteiger charge is -2.25. The molecule has 2 aliphatic rings. The third-order valence-electron chi connectivity index (χ3n) is 6.58. The summed E-state index contributed by atoms with van der Waals surface area (Å²) >= 11 is 0. The number of fused-ring (bicyclic) bond motifs is 1. The van der Waals surface area contributed by atoms with Gasteiger partial charge in [-0.1, -0.05) is 0 Å². The Balaban J connectivity index is 1.51. The maximum atomic E-state index is 10.0. The van der Waals surface area contributed by atoms with Crippen LogP contribution in [0.25, 0.3) is 16.6 Å². The molecule has 0 bridgehead atoms. The van der Waals surface area contributed by atoms with E-state index in [4.69, 9.17) is 9.84 Å². The van der Waals surface area contributed by atoms with Crippen molar-refractivity contribution >= 4 is 11.5 Å². The summed E-state index contributed by atoms with van der Waals surface area (Å²) in [6, 6.07) is 2.80. The molecule has 3 aromatic rings. The minimum Gasteiger partial charge on any atom is -0.393 e. The van der Waals surface area contributed by atoms with Gasteiger partial charge in [-0.25, -0.2) is 9.50 Å². The van der Waals surface area contributed by atoms with Crippen LogP contribution in [-0.4, -0.2) is 80.4 Å². The second-order valence-corrected chi connectivity index (χ2v) is 9.58. The number of ether oxygens (including phenoxy) is 1. The van der Waals surface area contributed by atoms with Gasteiger partial charge < -0.3 is 20.1 Å². The van der Waals surface area contributed by atoms with Crippen molar-refractivity contribution in [2.24, 2.45) is 0 Å². The van der Waals surface area contributed by atoms with Crippen LogP contribution in [0.15, 0.2) is 24.7 Å². The largest absolute Gasteiger partial charge is 0.393 e. The lowest BCUT2D eigenvalue weighted by Crippen LogP contribution is -2.30. The molecule has 1 atom stereocenters. The zero-order valence-electron chi connectivity index (χ0n) is 19.1. The molecule has 9 nitrogen and oxygen atoms in total. The number of aromatic nitrogens is 5. The monoisotopic (exact) mass is 439 g/mol. The molecule has 0 unspecified atom stereocenters. The van der Waals surface area contributed by atoms with Gasteiger partial charge in [0.05, 0.1) is 43.3 Å². The van der Waals surface area contributed by atoms with Gasteiger partial charge in [0, 0.05) is 41.5 Å². The Morgan fingerprint density at radius 1 is 1.22 bits per heavy atom. The molecule has 32 heavy (non-hydrogen) atoms. The highest BCUT2D eigenvalue weighted by atomic mass is 16.5. The zero-order chi connectivity index (χ0) is 22.2. The Kier molecular flexibility index (Phi) is 5.88. The van der Waals surface area contributed by atoms with Crippen molar-refractivity contribution in [1.29, 1.82) is 0 Å². The number of aliphatic hydroxyl groups is 1. The van der Waals surface area contributed by atoms with E-state index in [9.17, 15) is 5.11 Å². The van der Waals surface area contributed by atoms with Crippen molar-refractivity contribution in [2.45, 2.75) is 56.7 Å². The summed E-state index contributed by atoms with van der Waals surface area (Å²) in [5.74, 6) is 1.00. The first kappa shape index (κ1) is 21.4. The molecule has 1 saturated carbocycles. The van der Waals surface area contributed by atoms with Gasteiger partial charge in [-0.2, -0.15) is 5.10 Å². The van der Waals surface area contributed by atoms with Gasteiger partial charge in [0.25, 0.3) is 0 Å². The molecule has 0 amide bonds. The first-order valence-corrected chi connectivity index (χ1v) is 11.6. The predicted octanol–water partition coefficient (Wildman–Crippen LogP) is 2.54. The predicted molar refractivity (Wildman–Crippen MR) is 123 cm³/mol. The first-order valence-electron chi connectivity index (χ1n) is 11.6. The summed E-state index contributed by atoms with van der Waals surface area (Å²) in [5.41, 5.74) is 4.35. The minimum absolute atomic E-state index is 0.182. The van der Waals surface area contributed by atoms with E-state index in [0.29, 0.717) is 17.9 Å². The lowest BCUT2D eigenvalue weighted by molar-refractivity contribution is -0.0286. The van der Waals surface area contributed by atoms with Crippen LogP contribution in [0.3, 0.4) is 0 Å². The average Bonchev–Trinajstić information content (AvgIpc) is 3.31. The number of aliphatic hydroxyl groups excluding tert-OH is 1. The van der Waals surface area contributed by atoms with Crippen LogP contribution in [0.5, 0.6) is 0 Å². The quantitative estimate of drug-likeness (QED) is 0.584. The second kappa shape index (κ2) is 8.80. The maximum Gasteiger partial charge on any atom is 0.241 e. The molecular formula is C23H33N7O2. The Morgan fingerprint density at radius 2 is 2.00 bits per heavy atom. The number of rotatable bonds is 7. The first-order chi connectivity index (χ1) is 15.5. The molecule has 1 aliphatic heterocycles. The van der Waals surface area contributed by atoms with Crippen molar-refractivity contribution in [2.75, 3.05) is 39.2 Å². The Labute approximate surface area is 188 Å². The molecule has 1 aliphatic carbocycles. The van der Waals surface area contributed by atoms with Gasteiger partial charge in [-0.05, 0) is 52.8 Å². The summed E-state index contributed by atoms with van der Waals surface area (Å²) in [6.07, 6.45) is 9.36. The molecule has 4 heterocycles. The molecule has 172 valence electrons. The Bertz CT molecular complexity index is 1060. The number of hydrogen-bond acceptors (Lipinski definition) is 7. The standard InChI is InChI=1S/C23H33N7O2/c1-15(11-28(2)3)26-23-24-10-22-20(17-9-25-29(12-17)18-13-32-14-18)8-21(30(22)27-23)16-4-6-19(31)7-5-16/h8-10,12,15-16,18-19,31H,4-7,11,13-14H2,1-3H3,(H,26,27)/t15-,16-,19-/m0/s1. The molecule has 3 aromatic heterocycles. The molecule has 0 spiro atoms. The summed E-state index contributed by atoms with van der Waals surface area (Å²) in [4.78, 5) is 6.78.